The molecule has 0 unspecified atom stereocenters. The largest absolute Gasteiger partial charge is 0.495 e. The zero-order valence-electron chi connectivity index (χ0n) is 21.3. The molecule has 8 heteroatoms. The van der Waals surface area contributed by atoms with Crippen molar-refractivity contribution in [3.8, 4) is 28.8 Å². The summed E-state index contributed by atoms with van der Waals surface area (Å²) in [7, 11) is 1.61. The number of nitrogens with one attached hydrogen (secondary N) is 1. The fraction of sp³-hybridized carbons (Fsp3) is 0.321. The lowest BCUT2D eigenvalue weighted by Gasteiger charge is -2.21. The Morgan fingerprint density at radius 1 is 1.06 bits per heavy atom. The maximum atomic E-state index is 13.0. The van der Waals surface area contributed by atoms with Crippen molar-refractivity contribution in [2.45, 2.75) is 46.1 Å². The molecule has 0 radical (unpaired) electrons. The van der Waals surface area contributed by atoms with Gasteiger partial charge in [-0.25, -0.2) is 19.1 Å². The van der Waals surface area contributed by atoms with Crippen LogP contribution in [0.5, 0.6) is 5.75 Å². The van der Waals surface area contributed by atoms with Crippen molar-refractivity contribution in [2.75, 3.05) is 19.0 Å². The molecule has 1 heterocycles. The summed E-state index contributed by atoms with van der Waals surface area (Å²) in [5.74, 6) is 6.95. The zero-order chi connectivity index (χ0) is 26.1. The van der Waals surface area contributed by atoms with Crippen LogP contribution in [0.25, 0.3) is 11.3 Å². The van der Waals surface area contributed by atoms with Crippen LogP contribution in [0.1, 0.15) is 51.7 Å². The van der Waals surface area contributed by atoms with Crippen LogP contribution in [-0.2, 0) is 9.47 Å². The Morgan fingerprint density at radius 2 is 1.78 bits per heavy atom. The molecule has 0 fully saturated rings. The van der Waals surface area contributed by atoms with Crippen LogP contribution in [0.15, 0.2) is 54.7 Å². The van der Waals surface area contributed by atoms with Crippen molar-refractivity contribution in [1.82, 2.24) is 9.55 Å². The highest BCUT2D eigenvalue weighted by Crippen LogP contribution is 2.25. The Balaban J connectivity index is 1.89. The fourth-order valence-corrected chi connectivity index (χ4v) is 3.18. The molecule has 36 heavy (non-hydrogen) atoms. The third-order valence-corrected chi connectivity index (χ3v) is 4.91. The first-order valence-corrected chi connectivity index (χ1v) is 11.7. The van der Waals surface area contributed by atoms with Gasteiger partial charge in [-0.1, -0.05) is 49.5 Å². The molecule has 0 aliphatic heterocycles. The van der Waals surface area contributed by atoms with Crippen molar-refractivity contribution in [1.29, 1.82) is 0 Å². The van der Waals surface area contributed by atoms with E-state index >= 15 is 0 Å². The molecule has 0 aliphatic carbocycles. The minimum atomic E-state index is -0.741. The van der Waals surface area contributed by atoms with Crippen LogP contribution in [0, 0.1) is 11.8 Å². The van der Waals surface area contributed by atoms with E-state index in [2.05, 4.69) is 22.1 Å². The van der Waals surface area contributed by atoms with Crippen LogP contribution in [-0.4, -0.2) is 41.1 Å². The van der Waals surface area contributed by atoms with Crippen molar-refractivity contribution >= 4 is 18.1 Å². The topological polar surface area (TPSA) is 91.7 Å². The van der Waals surface area contributed by atoms with Crippen molar-refractivity contribution in [3.63, 3.8) is 0 Å². The number of unbranched alkanes of at least 4 members (excludes halogenated alkanes) is 1. The van der Waals surface area contributed by atoms with E-state index in [1.165, 1.54) is 10.8 Å². The highest BCUT2D eigenvalue weighted by Gasteiger charge is 2.25. The highest BCUT2D eigenvalue weighted by molar-refractivity contribution is 5.88. The Kier molecular flexibility index (Phi) is 8.74. The number of benzene rings is 2. The summed E-state index contributed by atoms with van der Waals surface area (Å²) < 4.78 is 17.3. The number of hydrogen-bond donors (Lipinski definition) is 1. The number of anilines is 1. The molecule has 8 nitrogen and oxygen atoms in total. The molecule has 0 aliphatic rings. The van der Waals surface area contributed by atoms with E-state index in [0.717, 1.165) is 24.0 Å². The van der Waals surface area contributed by atoms with E-state index in [4.69, 9.17) is 14.2 Å². The number of carbonyl (C=O) groups excluding carboxylic acids is 2. The van der Waals surface area contributed by atoms with E-state index in [1.54, 1.807) is 27.9 Å². The van der Waals surface area contributed by atoms with Gasteiger partial charge in [-0.3, -0.25) is 5.32 Å². The Hall–Kier alpha value is -4.25. The van der Waals surface area contributed by atoms with Crippen molar-refractivity contribution in [3.05, 3.63) is 65.9 Å². The van der Waals surface area contributed by atoms with Crippen LogP contribution in [0.2, 0.25) is 0 Å². The average molecular weight is 490 g/mol. The number of hydrogen-bond acceptors (Lipinski definition) is 6. The lowest BCUT2D eigenvalue weighted by molar-refractivity contribution is 0.0543. The van der Waals surface area contributed by atoms with Gasteiger partial charge in [0, 0.05) is 11.1 Å². The molecule has 0 bridgehead atoms. The van der Waals surface area contributed by atoms with Gasteiger partial charge in [0.1, 0.15) is 11.4 Å². The molecule has 3 rings (SSSR count). The summed E-state index contributed by atoms with van der Waals surface area (Å²) in [6.07, 6.45) is 1.78. The summed E-state index contributed by atoms with van der Waals surface area (Å²) >= 11 is 0. The maximum absolute atomic E-state index is 13.0. The summed E-state index contributed by atoms with van der Waals surface area (Å²) in [6.45, 7) is 7.58. The Labute approximate surface area is 211 Å². The molecule has 0 saturated carbocycles. The number of rotatable bonds is 6. The number of methoxy groups -OCH3 is 1. The molecular formula is C28H31N3O5. The minimum Gasteiger partial charge on any atom is -0.495 e. The quantitative estimate of drug-likeness (QED) is 0.333. The molecular weight excluding hydrogens is 458 g/mol. The molecule has 0 saturated heterocycles. The van der Waals surface area contributed by atoms with Crippen molar-refractivity contribution in [2.24, 2.45) is 0 Å². The Morgan fingerprint density at radius 3 is 2.44 bits per heavy atom. The number of ether oxygens (including phenoxy) is 3. The molecule has 0 atom stereocenters. The third-order valence-electron chi connectivity index (χ3n) is 4.91. The van der Waals surface area contributed by atoms with Crippen LogP contribution in [0.4, 0.5) is 15.5 Å². The van der Waals surface area contributed by atoms with E-state index in [0.29, 0.717) is 17.0 Å². The van der Waals surface area contributed by atoms with Gasteiger partial charge in [0.15, 0.2) is 0 Å². The first-order valence-electron chi connectivity index (χ1n) is 11.7. The molecule has 0 spiro atoms. The molecule has 1 amide bonds. The van der Waals surface area contributed by atoms with Gasteiger partial charge >= 0.3 is 12.2 Å². The standard InChI is InChI=1S/C28H31N3O5/c1-6-7-18-35-26(32)30-25-29-19-23(31(25)27(33)36-28(2,3)4)21-15-12-20(13-16-21)14-17-22-10-8-9-11-24(22)34-5/h8-13,15-16,19H,6-7,18H2,1-5H3,(H,29,30,32). The SMILES string of the molecule is CCCCOC(=O)Nc1ncc(-c2ccc(C#Cc3ccccc3OC)cc2)n1C(=O)OC(C)(C)C. The minimum absolute atomic E-state index is 0.0146. The van der Waals surface area contributed by atoms with Gasteiger partial charge in [0.25, 0.3) is 0 Å². The smallest absolute Gasteiger partial charge is 0.421 e. The lowest BCUT2D eigenvalue weighted by atomic mass is 10.1. The zero-order valence-corrected chi connectivity index (χ0v) is 21.3. The molecule has 188 valence electrons. The monoisotopic (exact) mass is 489 g/mol. The van der Waals surface area contributed by atoms with Gasteiger partial charge < -0.3 is 14.2 Å². The number of para-hydroxylation sites is 1. The molecule has 1 aromatic heterocycles. The maximum Gasteiger partial charge on any atom is 0.421 e. The number of carbonyl (C=O) groups is 2. The number of amides is 1. The summed E-state index contributed by atoms with van der Waals surface area (Å²) in [4.78, 5) is 29.5. The van der Waals surface area contributed by atoms with Gasteiger partial charge in [-0.2, -0.15) is 0 Å². The summed E-state index contributed by atoms with van der Waals surface area (Å²) in [6, 6.07) is 14.9. The second-order valence-electron chi connectivity index (χ2n) is 8.92. The first-order chi connectivity index (χ1) is 17.2. The van der Waals surface area contributed by atoms with E-state index in [9.17, 15) is 9.59 Å². The van der Waals surface area contributed by atoms with Crippen LogP contribution >= 0.6 is 0 Å². The predicted molar refractivity (Wildman–Crippen MR) is 138 cm³/mol. The van der Waals surface area contributed by atoms with Crippen LogP contribution in [0.3, 0.4) is 0 Å². The van der Waals surface area contributed by atoms with Crippen LogP contribution < -0.4 is 10.1 Å². The van der Waals surface area contributed by atoms with E-state index < -0.39 is 17.8 Å². The molecule has 2 aromatic carbocycles. The third kappa shape index (κ3) is 7.12. The second-order valence-corrected chi connectivity index (χ2v) is 8.92. The normalized spacial score (nSPS) is 10.7. The Bertz CT molecular complexity index is 1260. The summed E-state index contributed by atoms with van der Waals surface area (Å²) in [5.41, 5.74) is 1.98. The second kappa shape index (κ2) is 11.9. The predicted octanol–water partition coefficient (Wildman–Crippen LogP) is 6.09. The van der Waals surface area contributed by atoms with E-state index in [-0.39, 0.29) is 12.6 Å². The van der Waals surface area contributed by atoms with Gasteiger partial charge in [0.2, 0.25) is 5.95 Å². The number of aromatic nitrogens is 2. The number of imidazole rings is 1. The number of nitrogens with zero attached hydrogens (tertiary/aromatic N) is 2. The molecule has 3 aromatic rings. The van der Waals surface area contributed by atoms with Gasteiger partial charge in [-0.05, 0) is 51.5 Å². The van der Waals surface area contributed by atoms with Crippen molar-refractivity contribution < 1.29 is 23.8 Å². The average Bonchev–Trinajstić information content (AvgIpc) is 3.26. The summed E-state index contributed by atoms with van der Waals surface area (Å²) in [5, 5.41) is 2.54. The highest BCUT2D eigenvalue weighted by atomic mass is 16.6. The molecule has 1 N–H and O–H groups in total. The van der Waals surface area contributed by atoms with E-state index in [1.807, 2.05) is 55.5 Å². The fourth-order valence-electron chi connectivity index (χ4n) is 3.18. The van der Waals surface area contributed by atoms with Gasteiger partial charge in [0.05, 0.1) is 31.2 Å². The van der Waals surface area contributed by atoms with Gasteiger partial charge in [-0.15, -0.1) is 0 Å². The first kappa shape index (κ1) is 26.4. The lowest BCUT2D eigenvalue weighted by Crippen LogP contribution is -2.29.